The maximum atomic E-state index is 12.5. The predicted octanol–water partition coefficient (Wildman–Crippen LogP) is 1.23. The fraction of sp³-hybridized carbons (Fsp3) is 0.812. The molecule has 0 aromatic rings. The van der Waals surface area contributed by atoms with Gasteiger partial charge >= 0.3 is 17.9 Å². The van der Waals surface area contributed by atoms with Crippen LogP contribution < -0.4 is 0 Å². The van der Waals surface area contributed by atoms with Gasteiger partial charge in [0.25, 0.3) is 0 Å². The van der Waals surface area contributed by atoms with Gasteiger partial charge in [-0.05, 0) is 27.7 Å². The Kier molecular flexibility index (Phi) is 4.98. The highest BCUT2D eigenvalue weighted by Crippen LogP contribution is 2.48. The van der Waals surface area contributed by atoms with Gasteiger partial charge in [0.2, 0.25) is 0 Å². The fourth-order valence-electron chi connectivity index (χ4n) is 3.53. The van der Waals surface area contributed by atoms with E-state index < -0.39 is 40.9 Å². The van der Waals surface area contributed by atoms with Crippen molar-refractivity contribution in [3.63, 3.8) is 0 Å². The zero-order chi connectivity index (χ0) is 17.3. The topological polar surface area (TPSA) is 88.1 Å². The van der Waals surface area contributed by atoms with Crippen LogP contribution >= 0.6 is 0 Å². The minimum absolute atomic E-state index is 0.125. The maximum absolute atomic E-state index is 12.5. The Morgan fingerprint density at radius 3 is 2.35 bits per heavy atom. The Morgan fingerprint density at radius 1 is 1.17 bits per heavy atom. The van der Waals surface area contributed by atoms with Crippen molar-refractivity contribution in [3.05, 3.63) is 0 Å². The fourth-order valence-corrected chi connectivity index (χ4v) is 3.53. The number of hydrogen-bond donors (Lipinski definition) is 0. The molecule has 2 fully saturated rings. The molecule has 2 aliphatic rings. The molecule has 130 valence electrons. The van der Waals surface area contributed by atoms with Gasteiger partial charge in [-0.3, -0.25) is 14.4 Å². The molecule has 7 heteroatoms. The molecule has 7 nitrogen and oxygen atoms in total. The lowest BCUT2D eigenvalue weighted by molar-refractivity contribution is -0.185. The molecule has 0 unspecified atom stereocenters. The number of carbonyl (C=O) groups excluding carboxylic acids is 3. The molecule has 3 atom stereocenters. The molecule has 0 radical (unpaired) electrons. The highest BCUT2D eigenvalue weighted by molar-refractivity contribution is 6.02. The molecule has 0 amide bonds. The summed E-state index contributed by atoms with van der Waals surface area (Å²) in [6, 6.07) is 0. The van der Waals surface area contributed by atoms with Crippen LogP contribution in [0.2, 0.25) is 0 Å². The Hall–Kier alpha value is -1.63. The highest BCUT2D eigenvalue weighted by Gasteiger charge is 2.65. The van der Waals surface area contributed by atoms with Crippen LogP contribution in [-0.2, 0) is 33.3 Å². The highest BCUT2D eigenvalue weighted by atomic mass is 16.6. The van der Waals surface area contributed by atoms with E-state index in [1.807, 2.05) is 13.8 Å². The van der Waals surface area contributed by atoms with Crippen LogP contribution in [0.15, 0.2) is 0 Å². The van der Waals surface area contributed by atoms with E-state index in [4.69, 9.17) is 18.9 Å². The van der Waals surface area contributed by atoms with Crippen molar-refractivity contribution in [2.24, 2.45) is 11.8 Å². The normalized spacial score (nSPS) is 32.4. The average Bonchev–Trinajstić information content (AvgIpc) is 2.69. The lowest BCUT2D eigenvalue weighted by Gasteiger charge is -2.43. The molecule has 2 rings (SSSR count). The van der Waals surface area contributed by atoms with Crippen molar-refractivity contribution in [1.29, 1.82) is 0 Å². The summed E-state index contributed by atoms with van der Waals surface area (Å²) < 4.78 is 21.3. The molecular weight excluding hydrogens is 304 g/mol. The van der Waals surface area contributed by atoms with Gasteiger partial charge in [-0.15, -0.1) is 0 Å². The van der Waals surface area contributed by atoms with Crippen LogP contribution in [0.1, 0.15) is 40.5 Å². The molecule has 0 saturated carbocycles. The third-order valence-corrected chi connectivity index (χ3v) is 4.28. The van der Waals surface area contributed by atoms with Gasteiger partial charge in [-0.2, -0.15) is 0 Å². The van der Waals surface area contributed by atoms with Crippen LogP contribution in [0.5, 0.6) is 0 Å². The van der Waals surface area contributed by atoms with E-state index in [-0.39, 0.29) is 13.2 Å². The van der Waals surface area contributed by atoms with Crippen molar-refractivity contribution in [3.8, 4) is 0 Å². The molecule has 2 saturated heterocycles. The van der Waals surface area contributed by atoms with E-state index in [2.05, 4.69) is 0 Å². The van der Waals surface area contributed by atoms with Gasteiger partial charge in [0.15, 0.2) is 5.92 Å². The van der Waals surface area contributed by atoms with E-state index in [1.54, 1.807) is 13.8 Å². The van der Waals surface area contributed by atoms with E-state index in [0.717, 1.165) is 0 Å². The minimum Gasteiger partial charge on any atom is -0.466 e. The lowest BCUT2D eigenvalue weighted by atomic mass is 9.72. The molecule has 0 N–H and O–H groups in total. The minimum atomic E-state index is -1.28. The summed E-state index contributed by atoms with van der Waals surface area (Å²) in [6.45, 7) is 7.67. The molecule has 0 aromatic heterocycles. The van der Waals surface area contributed by atoms with Gasteiger partial charge in [-0.1, -0.05) is 0 Å². The summed E-state index contributed by atoms with van der Waals surface area (Å²) in [7, 11) is 0. The third kappa shape index (κ3) is 3.34. The number of carbonyl (C=O) groups is 3. The number of esters is 3. The van der Waals surface area contributed by atoms with Gasteiger partial charge < -0.3 is 18.9 Å². The lowest BCUT2D eigenvalue weighted by Crippen LogP contribution is -2.53. The molecule has 2 heterocycles. The first-order valence-corrected chi connectivity index (χ1v) is 7.96. The van der Waals surface area contributed by atoms with Gasteiger partial charge in [0.1, 0.15) is 11.5 Å². The number of rotatable bonds is 4. The maximum Gasteiger partial charge on any atom is 0.321 e. The van der Waals surface area contributed by atoms with Crippen molar-refractivity contribution in [1.82, 2.24) is 0 Å². The summed E-state index contributed by atoms with van der Waals surface area (Å²) in [5.74, 6) is -4.34. The summed E-state index contributed by atoms with van der Waals surface area (Å²) >= 11 is 0. The number of hydrogen-bond acceptors (Lipinski definition) is 7. The summed E-state index contributed by atoms with van der Waals surface area (Å²) in [6.07, 6.45) is 0.673. The summed E-state index contributed by atoms with van der Waals surface area (Å²) in [5.41, 5.74) is -1.64. The van der Waals surface area contributed by atoms with E-state index in [0.29, 0.717) is 19.4 Å². The first-order chi connectivity index (χ1) is 10.8. The monoisotopic (exact) mass is 328 g/mol. The van der Waals surface area contributed by atoms with E-state index in [9.17, 15) is 14.4 Å². The quantitative estimate of drug-likeness (QED) is 0.436. The van der Waals surface area contributed by atoms with Crippen molar-refractivity contribution >= 4 is 17.9 Å². The molecule has 0 aliphatic carbocycles. The standard InChI is InChI=1S/C16H24O7/c1-5-20-12(17)10-11(14(19)21-6-2)16(23-13(10)18)7-8-22-15(3,4)9-16/h10-11H,5-9H2,1-4H3/t10-,11-,16-/m1/s1. The number of ether oxygens (including phenoxy) is 4. The Bertz CT molecular complexity index is 499. The van der Waals surface area contributed by atoms with Gasteiger partial charge in [0, 0.05) is 12.8 Å². The molecule has 1 spiro atoms. The smallest absolute Gasteiger partial charge is 0.321 e. The summed E-state index contributed by atoms with van der Waals surface area (Å²) in [5, 5.41) is 0. The molecular formula is C16H24O7. The molecule has 0 bridgehead atoms. The van der Waals surface area contributed by atoms with Crippen LogP contribution in [0.25, 0.3) is 0 Å². The predicted molar refractivity (Wildman–Crippen MR) is 78.3 cm³/mol. The van der Waals surface area contributed by atoms with Crippen LogP contribution in [0.4, 0.5) is 0 Å². The van der Waals surface area contributed by atoms with Crippen molar-refractivity contribution < 1.29 is 33.3 Å². The third-order valence-electron chi connectivity index (χ3n) is 4.28. The summed E-state index contributed by atoms with van der Waals surface area (Å²) in [4.78, 5) is 37.0. The Balaban J connectivity index is 2.39. The second kappa shape index (κ2) is 6.47. The van der Waals surface area contributed by atoms with Gasteiger partial charge in [0.05, 0.1) is 25.4 Å². The molecule has 0 aromatic carbocycles. The van der Waals surface area contributed by atoms with Crippen molar-refractivity contribution in [2.45, 2.75) is 51.7 Å². The second-order valence-corrected chi connectivity index (χ2v) is 6.48. The van der Waals surface area contributed by atoms with E-state index >= 15 is 0 Å². The van der Waals surface area contributed by atoms with Crippen LogP contribution in [0, 0.1) is 11.8 Å². The molecule has 23 heavy (non-hydrogen) atoms. The Morgan fingerprint density at radius 2 is 1.78 bits per heavy atom. The first-order valence-electron chi connectivity index (χ1n) is 7.96. The average molecular weight is 328 g/mol. The van der Waals surface area contributed by atoms with Crippen LogP contribution in [0.3, 0.4) is 0 Å². The van der Waals surface area contributed by atoms with Gasteiger partial charge in [-0.25, -0.2) is 0 Å². The van der Waals surface area contributed by atoms with E-state index in [1.165, 1.54) is 0 Å². The molecule has 2 aliphatic heterocycles. The van der Waals surface area contributed by atoms with Crippen LogP contribution in [-0.4, -0.2) is 48.9 Å². The second-order valence-electron chi connectivity index (χ2n) is 6.48. The zero-order valence-corrected chi connectivity index (χ0v) is 14.0. The first kappa shape index (κ1) is 17.7. The largest absolute Gasteiger partial charge is 0.466 e. The Labute approximate surface area is 135 Å². The zero-order valence-electron chi connectivity index (χ0n) is 14.0. The SMILES string of the molecule is CCOC(=O)[C@@H]1C(=O)O[C@@]2(CCOC(C)(C)C2)[C@H]1C(=O)OCC. The van der Waals surface area contributed by atoms with Crippen molar-refractivity contribution in [2.75, 3.05) is 19.8 Å².